The van der Waals surface area contributed by atoms with Crippen LogP contribution in [0.15, 0.2) is 11.1 Å². The van der Waals surface area contributed by atoms with Crippen molar-refractivity contribution in [2.45, 2.75) is 83.5 Å². The van der Waals surface area contributed by atoms with Crippen LogP contribution in [-0.2, 0) is 16.6 Å². The summed E-state index contributed by atoms with van der Waals surface area (Å²) in [5, 5.41) is 9.22. The predicted molar refractivity (Wildman–Crippen MR) is 96.2 cm³/mol. The third-order valence-electron chi connectivity index (χ3n) is 5.00. The second-order valence-electron chi connectivity index (χ2n) is 8.70. The summed E-state index contributed by atoms with van der Waals surface area (Å²) in [6.45, 7) is 15.2. The van der Waals surface area contributed by atoms with Gasteiger partial charge in [-0.2, -0.15) is 5.10 Å². The first-order valence-electron chi connectivity index (χ1n) is 8.66. The largest absolute Gasteiger partial charge is 0.293 e. The average molecular weight is 357 g/mol. The van der Waals surface area contributed by atoms with Crippen molar-refractivity contribution in [1.82, 2.24) is 14.7 Å². The third kappa shape index (κ3) is 4.37. The van der Waals surface area contributed by atoms with Crippen LogP contribution in [-0.4, -0.2) is 40.7 Å². The summed E-state index contributed by atoms with van der Waals surface area (Å²) < 4.78 is 24.5. The van der Waals surface area contributed by atoms with E-state index in [2.05, 4.69) is 44.6 Å². The van der Waals surface area contributed by atoms with E-state index in [1.807, 2.05) is 6.92 Å². The zero-order valence-electron chi connectivity index (χ0n) is 15.8. The molecule has 1 aliphatic heterocycles. The molecular formula is C17H32N4O2S. The Balaban J connectivity index is 1.93. The standard InChI is InChI=1S/C17H32N4O2S/c1-13-10-15(24(18,22)23)19-20(13)9-7-8-14-11-17(5,6)21(12-14)16(2,3)4/h10,14H,7-9,11-12H2,1-6H3,(H2,18,22,23). The van der Waals surface area contributed by atoms with Gasteiger partial charge in [-0.25, -0.2) is 13.6 Å². The van der Waals surface area contributed by atoms with Gasteiger partial charge >= 0.3 is 0 Å². The van der Waals surface area contributed by atoms with Gasteiger partial charge in [0.25, 0.3) is 10.0 Å². The second-order valence-corrected chi connectivity index (χ2v) is 10.2. The molecule has 0 amide bonds. The van der Waals surface area contributed by atoms with Crippen LogP contribution in [0.3, 0.4) is 0 Å². The van der Waals surface area contributed by atoms with Crippen LogP contribution < -0.4 is 5.14 Å². The Bertz CT molecular complexity index is 686. The Labute approximate surface area is 146 Å². The number of nitrogens with two attached hydrogens (primary N) is 1. The van der Waals surface area contributed by atoms with Crippen LogP contribution in [0, 0.1) is 12.8 Å². The fraction of sp³-hybridized carbons (Fsp3) is 0.824. The number of nitrogens with zero attached hydrogens (tertiary/aromatic N) is 3. The third-order valence-corrected chi connectivity index (χ3v) is 5.78. The number of aromatic nitrogens is 2. The van der Waals surface area contributed by atoms with E-state index in [1.54, 1.807) is 4.68 Å². The average Bonchev–Trinajstić information content (AvgIpc) is 2.89. The number of rotatable bonds is 5. The Morgan fingerprint density at radius 2 is 2.00 bits per heavy atom. The minimum absolute atomic E-state index is 0.0408. The normalized spacial score (nSPS) is 22.2. The molecule has 0 bridgehead atoms. The number of likely N-dealkylation sites (tertiary alicyclic amines) is 1. The smallest absolute Gasteiger partial charge is 0.257 e. The van der Waals surface area contributed by atoms with Crippen molar-refractivity contribution in [3.63, 3.8) is 0 Å². The monoisotopic (exact) mass is 356 g/mol. The van der Waals surface area contributed by atoms with Crippen LogP contribution in [0.2, 0.25) is 0 Å². The van der Waals surface area contributed by atoms with E-state index >= 15 is 0 Å². The first-order valence-corrected chi connectivity index (χ1v) is 10.2. The molecule has 7 heteroatoms. The molecule has 0 radical (unpaired) electrons. The molecule has 0 spiro atoms. The molecule has 2 rings (SSSR count). The Morgan fingerprint density at radius 1 is 1.38 bits per heavy atom. The molecule has 1 unspecified atom stereocenters. The summed E-state index contributed by atoms with van der Waals surface area (Å²) in [7, 11) is -3.72. The van der Waals surface area contributed by atoms with Gasteiger partial charge in [0.1, 0.15) is 0 Å². The fourth-order valence-corrected chi connectivity index (χ4v) is 4.68. The van der Waals surface area contributed by atoms with Crippen molar-refractivity contribution in [2.24, 2.45) is 11.1 Å². The summed E-state index contributed by atoms with van der Waals surface area (Å²) in [6, 6.07) is 1.54. The maximum Gasteiger partial charge on any atom is 0.257 e. The van der Waals surface area contributed by atoms with Crippen molar-refractivity contribution < 1.29 is 8.42 Å². The van der Waals surface area contributed by atoms with Crippen molar-refractivity contribution in [2.75, 3.05) is 6.54 Å². The quantitative estimate of drug-likeness (QED) is 0.879. The second kappa shape index (κ2) is 6.42. The molecule has 1 atom stereocenters. The molecule has 24 heavy (non-hydrogen) atoms. The van der Waals surface area contributed by atoms with Crippen molar-refractivity contribution in [3.05, 3.63) is 11.8 Å². The maximum absolute atomic E-state index is 11.4. The number of primary sulfonamides is 1. The highest BCUT2D eigenvalue weighted by Crippen LogP contribution is 2.39. The highest BCUT2D eigenvalue weighted by molar-refractivity contribution is 7.89. The summed E-state index contributed by atoms with van der Waals surface area (Å²) >= 11 is 0. The van der Waals surface area contributed by atoms with E-state index in [0.717, 1.165) is 31.6 Å². The van der Waals surface area contributed by atoms with Crippen LogP contribution in [0.4, 0.5) is 0 Å². The lowest BCUT2D eigenvalue weighted by Crippen LogP contribution is -2.50. The molecule has 1 fully saturated rings. The van der Waals surface area contributed by atoms with Crippen molar-refractivity contribution >= 4 is 10.0 Å². The van der Waals surface area contributed by atoms with Gasteiger partial charge < -0.3 is 0 Å². The molecule has 2 N–H and O–H groups in total. The SMILES string of the molecule is Cc1cc(S(N)(=O)=O)nn1CCCC1CN(C(C)(C)C)C(C)(C)C1. The lowest BCUT2D eigenvalue weighted by Gasteiger charge is -2.42. The number of aryl methyl sites for hydroxylation is 2. The van der Waals surface area contributed by atoms with E-state index < -0.39 is 10.0 Å². The summed E-state index contributed by atoms with van der Waals surface area (Å²) in [5.74, 6) is 0.674. The number of hydrogen-bond acceptors (Lipinski definition) is 4. The lowest BCUT2D eigenvalue weighted by atomic mass is 9.92. The zero-order valence-corrected chi connectivity index (χ0v) is 16.7. The van der Waals surface area contributed by atoms with Crippen LogP contribution in [0.25, 0.3) is 0 Å². The Hall–Kier alpha value is -0.920. The van der Waals surface area contributed by atoms with E-state index in [9.17, 15) is 8.42 Å². The topological polar surface area (TPSA) is 81.2 Å². The van der Waals surface area contributed by atoms with E-state index in [-0.39, 0.29) is 16.1 Å². The van der Waals surface area contributed by atoms with Crippen LogP contribution >= 0.6 is 0 Å². The summed E-state index contributed by atoms with van der Waals surface area (Å²) in [5.41, 5.74) is 1.24. The first kappa shape index (κ1) is 19.4. The molecule has 2 heterocycles. The first-order chi connectivity index (χ1) is 10.8. The van der Waals surface area contributed by atoms with E-state index in [0.29, 0.717) is 5.92 Å². The molecule has 1 aromatic heterocycles. The van der Waals surface area contributed by atoms with Gasteiger partial charge in [0.15, 0.2) is 5.03 Å². The Morgan fingerprint density at radius 3 is 2.46 bits per heavy atom. The Kier molecular flexibility index (Phi) is 5.19. The zero-order chi connectivity index (χ0) is 18.3. The number of hydrogen-bond donors (Lipinski definition) is 1. The highest BCUT2D eigenvalue weighted by Gasteiger charge is 2.42. The van der Waals surface area contributed by atoms with Crippen molar-refractivity contribution in [3.8, 4) is 0 Å². The van der Waals surface area contributed by atoms with E-state index in [4.69, 9.17) is 5.14 Å². The molecule has 138 valence electrons. The minimum Gasteiger partial charge on any atom is -0.293 e. The molecule has 1 aliphatic rings. The van der Waals surface area contributed by atoms with E-state index in [1.165, 1.54) is 12.5 Å². The van der Waals surface area contributed by atoms with Gasteiger partial charge in [0, 0.05) is 29.9 Å². The van der Waals surface area contributed by atoms with Gasteiger partial charge in [-0.05, 0) is 72.8 Å². The van der Waals surface area contributed by atoms with Crippen LogP contribution in [0.5, 0.6) is 0 Å². The maximum atomic E-state index is 11.4. The van der Waals surface area contributed by atoms with Gasteiger partial charge in [-0.1, -0.05) is 0 Å². The molecule has 0 aromatic carbocycles. The highest BCUT2D eigenvalue weighted by atomic mass is 32.2. The fourth-order valence-electron chi connectivity index (χ4n) is 4.14. The molecule has 1 aromatic rings. The number of sulfonamides is 1. The lowest BCUT2D eigenvalue weighted by molar-refractivity contribution is 0.0669. The summed E-state index contributed by atoms with van der Waals surface area (Å²) in [6.07, 6.45) is 3.32. The molecule has 6 nitrogen and oxygen atoms in total. The van der Waals surface area contributed by atoms with Gasteiger partial charge in [0.2, 0.25) is 0 Å². The van der Waals surface area contributed by atoms with Crippen molar-refractivity contribution in [1.29, 1.82) is 0 Å². The summed E-state index contributed by atoms with van der Waals surface area (Å²) in [4.78, 5) is 2.60. The van der Waals surface area contributed by atoms with Crippen LogP contribution in [0.1, 0.15) is 59.6 Å². The van der Waals surface area contributed by atoms with Gasteiger partial charge in [-0.15, -0.1) is 0 Å². The minimum atomic E-state index is -3.72. The molecule has 1 saturated heterocycles. The molecular weight excluding hydrogens is 324 g/mol. The molecule has 0 aliphatic carbocycles. The predicted octanol–water partition coefficient (Wildman–Crippen LogP) is 2.52. The molecule has 0 saturated carbocycles. The van der Waals surface area contributed by atoms with Gasteiger partial charge in [-0.3, -0.25) is 9.58 Å². The van der Waals surface area contributed by atoms with Gasteiger partial charge in [0.05, 0.1) is 0 Å².